The summed E-state index contributed by atoms with van der Waals surface area (Å²) >= 11 is 0. The molecule has 2 aromatic carbocycles. The highest BCUT2D eigenvalue weighted by atomic mass is 16.5. The lowest BCUT2D eigenvalue weighted by Gasteiger charge is -2.28. The first-order valence-corrected chi connectivity index (χ1v) is 9.24. The van der Waals surface area contributed by atoms with Gasteiger partial charge in [0.05, 0.1) is 12.8 Å². The van der Waals surface area contributed by atoms with Gasteiger partial charge in [-0.3, -0.25) is 14.4 Å². The van der Waals surface area contributed by atoms with E-state index < -0.39 is 5.91 Å². The molecule has 1 unspecified atom stereocenters. The molecule has 2 aromatic rings. The molecule has 0 spiro atoms. The predicted octanol–water partition coefficient (Wildman–Crippen LogP) is 2.38. The van der Waals surface area contributed by atoms with E-state index in [0.717, 1.165) is 11.1 Å². The van der Waals surface area contributed by atoms with Crippen molar-refractivity contribution in [2.75, 3.05) is 24.4 Å². The summed E-state index contributed by atoms with van der Waals surface area (Å²) in [7, 11) is 1.50. The monoisotopic (exact) mass is 397 g/mol. The molecule has 4 N–H and O–H groups in total. The number of hydrogen-bond donors (Lipinski definition) is 3. The van der Waals surface area contributed by atoms with Crippen LogP contribution in [0.5, 0.6) is 11.5 Å². The van der Waals surface area contributed by atoms with E-state index in [2.05, 4.69) is 10.6 Å². The molecule has 3 rings (SSSR count). The maximum Gasteiger partial charge on any atom is 0.255 e. The second-order valence-corrected chi connectivity index (χ2v) is 6.67. The van der Waals surface area contributed by atoms with Gasteiger partial charge in [0.1, 0.15) is 11.5 Å². The van der Waals surface area contributed by atoms with E-state index in [-0.39, 0.29) is 30.8 Å². The highest BCUT2D eigenvalue weighted by Gasteiger charge is 2.28. The number of carbonyl (C=O) groups excluding carboxylic acids is 3. The van der Waals surface area contributed by atoms with Crippen molar-refractivity contribution in [2.24, 2.45) is 5.73 Å². The molecule has 1 aliphatic rings. The summed E-state index contributed by atoms with van der Waals surface area (Å²) in [4.78, 5) is 35.2. The molecule has 0 bridgehead atoms. The Morgan fingerprint density at radius 1 is 1.28 bits per heavy atom. The molecular formula is C21H23N3O5. The Labute approximate surface area is 168 Å². The third-order valence-corrected chi connectivity index (χ3v) is 4.65. The number of primary amides is 1. The number of methoxy groups -OCH3 is 1. The Hall–Kier alpha value is -3.55. The maximum absolute atomic E-state index is 12.3. The molecule has 8 nitrogen and oxygen atoms in total. The van der Waals surface area contributed by atoms with Crippen LogP contribution in [0.15, 0.2) is 36.4 Å². The molecule has 1 atom stereocenters. The standard InChI is InChI=1S/C21H23N3O5/c1-3-20(26)24-17-8-15-14(9-21(27)23-16(15)10-18(17)28-2)12-5-4-6-13(7-12)29-11-19(22)25/h4-8,10,14H,3,9,11H2,1-2H3,(H2,22,25)(H,23,27)(H,24,26). The number of nitrogens with one attached hydrogen (secondary N) is 2. The molecule has 0 aliphatic carbocycles. The molecule has 0 saturated heterocycles. The van der Waals surface area contributed by atoms with Crippen LogP contribution >= 0.6 is 0 Å². The van der Waals surface area contributed by atoms with Crippen LogP contribution in [-0.4, -0.2) is 31.4 Å². The van der Waals surface area contributed by atoms with Crippen LogP contribution in [0.2, 0.25) is 0 Å². The summed E-state index contributed by atoms with van der Waals surface area (Å²) in [5.74, 6) is -0.132. The van der Waals surface area contributed by atoms with E-state index in [0.29, 0.717) is 29.3 Å². The van der Waals surface area contributed by atoms with Crippen LogP contribution in [0.4, 0.5) is 11.4 Å². The van der Waals surface area contributed by atoms with Gasteiger partial charge in [0.25, 0.3) is 5.91 Å². The molecular weight excluding hydrogens is 374 g/mol. The minimum atomic E-state index is -0.568. The van der Waals surface area contributed by atoms with Gasteiger partial charge in [-0.1, -0.05) is 19.1 Å². The van der Waals surface area contributed by atoms with Crippen molar-refractivity contribution in [1.82, 2.24) is 0 Å². The number of rotatable bonds is 7. The quantitative estimate of drug-likeness (QED) is 0.663. The average molecular weight is 397 g/mol. The van der Waals surface area contributed by atoms with Crippen molar-refractivity contribution in [3.05, 3.63) is 47.5 Å². The Morgan fingerprint density at radius 3 is 2.76 bits per heavy atom. The van der Waals surface area contributed by atoms with Gasteiger partial charge in [0, 0.05) is 30.5 Å². The summed E-state index contributed by atoms with van der Waals surface area (Å²) < 4.78 is 10.8. The lowest BCUT2D eigenvalue weighted by atomic mass is 9.84. The fraction of sp³-hybridized carbons (Fsp3) is 0.286. The average Bonchev–Trinajstić information content (AvgIpc) is 2.71. The molecule has 152 valence electrons. The molecule has 0 fully saturated rings. The summed E-state index contributed by atoms with van der Waals surface area (Å²) in [6, 6.07) is 10.7. The zero-order valence-corrected chi connectivity index (χ0v) is 16.3. The van der Waals surface area contributed by atoms with Crippen LogP contribution in [0.25, 0.3) is 0 Å². The van der Waals surface area contributed by atoms with Crippen LogP contribution in [0.3, 0.4) is 0 Å². The van der Waals surface area contributed by atoms with Gasteiger partial charge >= 0.3 is 0 Å². The van der Waals surface area contributed by atoms with Gasteiger partial charge in [-0.25, -0.2) is 0 Å². The Kier molecular flexibility index (Phi) is 6.01. The van der Waals surface area contributed by atoms with E-state index in [9.17, 15) is 14.4 Å². The van der Waals surface area contributed by atoms with Crippen molar-refractivity contribution >= 4 is 29.1 Å². The van der Waals surface area contributed by atoms with E-state index in [1.165, 1.54) is 7.11 Å². The number of ether oxygens (including phenoxy) is 2. The van der Waals surface area contributed by atoms with Crippen molar-refractivity contribution in [3.63, 3.8) is 0 Å². The third kappa shape index (κ3) is 4.66. The van der Waals surface area contributed by atoms with E-state index in [1.807, 2.05) is 12.1 Å². The van der Waals surface area contributed by atoms with E-state index >= 15 is 0 Å². The lowest BCUT2D eigenvalue weighted by Crippen LogP contribution is -2.24. The first kappa shape index (κ1) is 20.2. The SMILES string of the molecule is CCC(=O)Nc1cc2c(cc1OC)NC(=O)CC2c1cccc(OCC(N)=O)c1. The molecule has 0 radical (unpaired) electrons. The molecule has 1 aliphatic heterocycles. The van der Waals surface area contributed by atoms with Gasteiger partial charge in [-0.05, 0) is 29.3 Å². The number of nitrogens with two attached hydrogens (primary N) is 1. The topological polar surface area (TPSA) is 120 Å². The number of carbonyl (C=O) groups is 3. The van der Waals surface area contributed by atoms with E-state index in [4.69, 9.17) is 15.2 Å². The van der Waals surface area contributed by atoms with Crippen LogP contribution in [0, 0.1) is 0 Å². The largest absolute Gasteiger partial charge is 0.494 e. The number of anilines is 2. The van der Waals surface area contributed by atoms with Crippen molar-refractivity contribution in [2.45, 2.75) is 25.7 Å². The normalized spacial score (nSPS) is 15.1. The molecule has 8 heteroatoms. The van der Waals surface area contributed by atoms with Gasteiger partial charge in [0.15, 0.2) is 6.61 Å². The maximum atomic E-state index is 12.3. The van der Waals surface area contributed by atoms with Crippen molar-refractivity contribution in [1.29, 1.82) is 0 Å². The zero-order valence-electron chi connectivity index (χ0n) is 16.3. The molecule has 3 amide bonds. The number of amides is 3. The summed E-state index contributed by atoms with van der Waals surface area (Å²) in [5, 5.41) is 5.70. The van der Waals surface area contributed by atoms with Crippen molar-refractivity contribution in [3.8, 4) is 11.5 Å². The van der Waals surface area contributed by atoms with Crippen LogP contribution < -0.4 is 25.8 Å². The Morgan fingerprint density at radius 2 is 2.07 bits per heavy atom. The Balaban J connectivity index is 2.01. The van der Waals surface area contributed by atoms with Crippen LogP contribution in [0.1, 0.15) is 36.8 Å². The second-order valence-electron chi connectivity index (χ2n) is 6.67. The fourth-order valence-electron chi connectivity index (χ4n) is 3.27. The third-order valence-electron chi connectivity index (χ3n) is 4.65. The smallest absolute Gasteiger partial charge is 0.255 e. The molecule has 0 aromatic heterocycles. The second kappa shape index (κ2) is 8.64. The first-order chi connectivity index (χ1) is 13.9. The summed E-state index contributed by atoms with van der Waals surface area (Å²) in [5.41, 5.74) is 8.00. The fourth-order valence-corrected chi connectivity index (χ4v) is 3.27. The number of hydrogen-bond acceptors (Lipinski definition) is 5. The minimum Gasteiger partial charge on any atom is -0.494 e. The van der Waals surface area contributed by atoms with Gasteiger partial charge in [-0.2, -0.15) is 0 Å². The molecule has 1 heterocycles. The van der Waals surface area contributed by atoms with Crippen LogP contribution in [-0.2, 0) is 14.4 Å². The zero-order chi connectivity index (χ0) is 21.0. The van der Waals surface area contributed by atoms with Gasteiger partial charge < -0.3 is 25.8 Å². The lowest BCUT2D eigenvalue weighted by molar-refractivity contribution is -0.120. The van der Waals surface area contributed by atoms with Gasteiger partial charge in [0.2, 0.25) is 11.8 Å². The van der Waals surface area contributed by atoms with Crippen molar-refractivity contribution < 1.29 is 23.9 Å². The highest BCUT2D eigenvalue weighted by molar-refractivity contribution is 5.98. The highest BCUT2D eigenvalue weighted by Crippen LogP contribution is 2.42. The van der Waals surface area contributed by atoms with E-state index in [1.54, 1.807) is 31.2 Å². The minimum absolute atomic E-state index is 0.127. The van der Waals surface area contributed by atoms with Gasteiger partial charge in [-0.15, -0.1) is 0 Å². The first-order valence-electron chi connectivity index (χ1n) is 9.24. The molecule has 0 saturated carbocycles. The summed E-state index contributed by atoms with van der Waals surface area (Å²) in [6.07, 6.45) is 0.569. The molecule has 29 heavy (non-hydrogen) atoms. The predicted molar refractivity (Wildman–Crippen MR) is 108 cm³/mol. The number of fused-ring (bicyclic) bond motifs is 1. The summed E-state index contributed by atoms with van der Waals surface area (Å²) in [6.45, 7) is 1.54. The number of benzene rings is 2. The Bertz CT molecular complexity index is 957.